The fourth-order valence-electron chi connectivity index (χ4n) is 1.95. The van der Waals surface area contributed by atoms with Crippen LogP contribution in [0.5, 0.6) is 11.5 Å². The second-order valence-electron chi connectivity index (χ2n) is 3.48. The Balaban J connectivity index is 2.60. The maximum absolute atomic E-state index is 6.11. The van der Waals surface area contributed by atoms with E-state index in [0.29, 0.717) is 5.02 Å². The SMILES string of the molecule is COc1cc(Cl)c(OC)c2c1NCCC2. The number of rotatable bonds is 2. The first-order valence-corrected chi connectivity index (χ1v) is 5.33. The largest absolute Gasteiger partial charge is 0.495 e. The molecule has 0 unspecified atom stereocenters. The third kappa shape index (κ3) is 1.72. The number of anilines is 1. The summed E-state index contributed by atoms with van der Waals surface area (Å²) in [6.07, 6.45) is 2.06. The molecular weight excluding hydrogens is 214 g/mol. The molecule has 15 heavy (non-hydrogen) atoms. The first kappa shape index (κ1) is 10.4. The van der Waals surface area contributed by atoms with Crippen molar-refractivity contribution < 1.29 is 9.47 Å². The van der Waals surface area contributed by atoms with Gasteiger partial charge in [-0.3, -0.25) is 0 Å². The summed E-state index contributed by atoms with van der Waals surface area (Å²) < 4.78 is 10.6. The van der Waals surface area contributed by atoms with E-state index in [0.717, 1.165) is 42.1 Å². The average Bonchev–Trinajstić information content (AvgIpc) is 2.28. The lowest BCUT2D eigenvalue weighted by Gasteiger charge is -2.23. The maximum atomic E-state index is 6.11. The Bertz CT molecular complexity index is 379. The highest BCUT2D eigenvalue weighted by Gasteiger charge is 2.20. The number of hydrogen-bond acceptors (Lipinski definition) is 3. The van der Waals surface area contributed by atoms with Crippen LogP contribution in [0.15, 0.2) is 6.07 Å². The van der Waals surface area contributed by atoms with Gasteiger partial charge >= 0.3 is 0 Å². The minimum absolute atomic E-state index is 0.608. The van der Waals surface area contributed by atoms with Crippen LogP contribution in [0.2, 0.25) is 5.02 Å². The topological polar surface area (TPSA) is 30.5 Å². The van der Waals surface area contributed by atoms with Gasteiger partial charge in [-0.2, -0.15) is 0 Å². The summed E-state index contributed by atoms with van der Waals surface area (Å²) in [7, 11) is 3.29. The molecule has 1 aliphatic heterocycles. The lowest BCUT2D eigenvalue weighted by molar-refractivity contribution is 0.398. The zero-order valence-corrected chi connectivity index (χ0v) is 9.65. The highest BCUT2D eigenvalue weighted by Crippen LogP contribution is 2.43. The summed E-state index contributed by atoms with van der Waals surface area (Å²) in [5, 5.41) is 3.93. The van der Waals surface area contributed by atoms with E-state index in [2.05, 4.69) is 5.32 Å². The zero-order chi connectivity index (χ0) is 10.8. The van der Waals surface area contributed by atoms with Crippen molar-refractivity contribution in [2.45, 2.75) is 12.8 Å². The highest BCUT2D eigenvalue weighted by molar-refractivity contribution is 6.32. The summed E-state index contributed by atoms with van der Waals surface area (Å²) >= 11 is 6.11. The van der Waals surface area contributed by atoms with Crippen LogP contribution in [0.25, 0.3) is 0 Å². The Labute approximate surface area is 94.3 Å². The number of benzene rings is 1. The van der Waals surface area contributed by atoms with Crippen molar-refractivity contribution in [3.63, 3.8) is 0 Å². The second kappa shape index (κ2) is 4.19. The van der Waals surface area contributed by atoms with Crippen LogP contribution in [0.4, 0.5) is 5.69 Å². The first-order valence-electron chi connectivity index (χ1n) is 4.95. The first-order chi connectivity index (χ1) is 7.27. The van der Waals surface area contributed by atoms with Gasteiger partial charge in [-0.15, -0.1) is 0 Å². The second-order valence-corrected chi connectivity index (χ2v) is 3.88. The molecule has 1 aromatic carbocycles. The van der Waals surface area contributed by atoms with Gasteiger partial charge in [-0.25, -0.2) is 0 Å². The number of fused-ring (bicyclic) bond motifs is 1. The van der Waals surface area contributed by atoms with Gasteiger partial charge in [0.15, 0.2) is 0 Å². The standard InChI is InChI=1S/C11H14ClNO2/c1-14-9-6-8(12)11(15-2)7-4-3-5-13-10(7)9/h6,13H,3-5H2,1-2H3. The molecular formula is C11H14ClNO2. The Hall–Kier alpha value is -1.09. The summed E-state index contributed by atoms with van der Waals surface area (Å²) in [6.45, 7) is 0.966. The van der Waals surface area contributed by atoms with E-state index in [-0.39, 0.29) is 0 Å². The molecule has 2 rings (SSSR count). The van der Waals surface area contributed by atoms with Crippen LogP contribution in [0.1, 0.15) is 12.0 Å². The normalized spacial score (nSPS) is 14.1. The van der Waals surface area contributed by atoms with E-state index >= 15 is 0 Å². The molecule has 82 valence electrons. The number of nitrogens with one attached hydrogen (secondary N) is 1. The van der Waals surface area contributed by atoms with Gasteiger partial charge in [0.1, 0.15) is 11.5 Å². The summed E-state index contributed by atoms with van der Waals surface area (Å²) in [5.74, 6) is 1.55. The molecule has 1 N–H and O–H groups in total. The van der Waals surface area contributed by atoms with Gasteiger partial charge in [0.25, 0.3) is 0 Å². The number of methoxy groups -OCH3 is 2. The number of halogens is 1. The summed E-state index contributed by atoms with van der Waals surface area (Å²) in [6, 6.07) is 1.79. The van der Waals surface area contributed by atoms with E-state index in [1.54, 1.807) is 20.3 Å². The van der Waals surface area contributed by atoms with Gasteiger partial charge in [0.05, 0.1) is 24.9 Å². The molecule has 1 aromatic rings. The third-order valence-corrected chi connectivity index (χ3v) is 2.91. The molecule has 0 saturated carbocycles. The molecule has 0 bridgehead atoms. The fourth-order valence-corrected chi connectivity index (χ4v) is 2.24. The van der Waals surface area contributed by atoms with Crippen molar-refractivity contribution in [2.75, 3.05) is 26.1 Å². The monoisotopic (exact) mass is 227 g/mol. The zero-order valence-electron chi connectivity index (χ0n) is 8.89. The minimum atomic E-state index is 0.608. The van der Waals surface area contributed by atoms with Gasteiger partial charge in [0, 0.05) is 18.2 Å². The smallest absolute Gasteiger partial charge is 0.144 e. The summed E-state index contributed by atoms with van der Waals surface area (Å²) in [4.78, 5) is 0. The molecule has 3 nitrogen and oxygen atoms in total. The fraction of sp³-hybridized carbons (Fsp3) is 0.455. The number of hydrogen-bond donors (Lipinski definition) is 1. The predicted octanol–water partition coefficient (Wildman–Crippen LogP) is 2.72. The van der Waals surface area contributed by atoms with E-state index in [1.807, 2.05) is 0 Å². The molecule has 0 spiro atoms. The minimum Gasteiger partial charge on any atom is -0.495 e. The van der Waals surface area contributed by atoms with Gasteiger partial charge in [0.2, 0.25) is 0 Å². The molecule has 0 saturated heterocycles. The van der Waals surface area contributed by atoms with Crippen molar-refractivity contribution >= 4 is 17.3 Å². The van der Waals surface area contributed by atoms with Gasteiger partial charge in [-0.1, -0.05) is 11.6 Å². The Morgan fingerprint density at radius 1 is 1.33 bits per heavy atom. The average molecular weight is 228 g/mol. The Morgan fingerprint density at radius 3 is 2.80 bits per heavy atom. The molecule has 0 amide bonds. The Kier molecular flexibility index (Phi) is 2.91. The molecule has 4 heteroatoms. The summed E-state index contributed by atoms with van der Waals surface area (Å²) in [5.41, 5.74) is 2.14. The maximum Gasteiger partial charge on any atom is 0.144 e. The molecule has 1 aliphatic rings. The molecule has 0 radical (unpaired) electrons. The van der Waals surface area contributed by atoms with Gasteiger partial charge in [-0.05, 0) is 12.8 Å². The van der Waals surface area contributed by atoms with E-state index in [1.165, 1.54) is 0 Å². The van der Waals surface area contributed by atoms with Gasteiger partial charge < -0.3 is 14.8 Å². The van der Waals surface area contributed by atoms with Crippen molar-refractivity contribution in [1.29, 1.82) is 0 Å². The van der Waals surface area contributed by atoms with Crippen LogP contribution in [0.3, 0.4) is 0 Å². The molecule has 0 aromatic heterocycles. The van der Waals surface area contributed by atoms with Crippen LogP contribution < -0.4 is 14.8 Å². The quantitative estimate of drug-likeness (QED) is 0.843. The lowest BCUT2D eigenvalue weighted by Crippen LogP contribution is -2.14. The van der Waals surface area contributed by atoms with Crippen LogP contribution >= 0.6 is 11.6 Å². The third-order valence-electron chi connectivity index (χ3n) is 2.63. The van der Waals surface area contributed by atoms with E-state index in [9.17, 15) is 0 Å². The van der Waals surface area contributed by atoms with Crippen LogP contribution in [-0.2, 0) is 6.42 Å². The van der Waals surface area contributed by atoms with Crippen molar-refractivity contribution in [3.05, 3.63) is 16.7 Å². The van der Waals surface area contributed by atoms with E-state index < -0.39 is 0 Å². The molecule has 0 atom stereocenters. The molecule has 1 heterocycles. The Morgan fingerprint density at radius 2 is 2.13 bits per heavy atom. The lowest BCUT2D eigenvalue weighted by atomic mass is 10.0. The van der Waals surface area contributed by atoms with Crippen molar-refractivity contribution in [2.24, 2.45) is 0 Å². The number of ether oxygens (including phenoxy) is 2. The molecule has 0 aliphatic carbocycles. The predicted molar refractivity (Wildman–Crippen MR) is 61.4 cm³/mol. The van der Waals surface area contributed by atoms with Crippen LogP contribution in [0, 0.1) is 0 Å². The van der Waals surface area contributed by atoms with Crippen LogP contribution in [-0.4, -0.2) is 20.8 Å². The van der Waals surface area contributed by atoms with Crippen molar-refractivity contribution in [1.82, 2.24) is 0 Å². The highest BCUT2D eigenvalue weighted by atomic mass is 35.5. The van der Waals surface area contributed by atoms with E-state index in [4.69, 9.17) is 21.1 Å². The molecule has 0 fully saturated rings. The van der Waals surface area contributed by atoms with Crippen molar-refractivity contribution in [3.8, 4) is 11.5 Å².